The Bertz CT molecular complexity index is 738. The molecule has 128 valence electrons. The van der Waals surface area contributed by atoms with Crippen molar-refractivity contribution in [2.75, 3.05) is 5.32 Å². The number of anilines is 1. The van der Waals surface area contributed by atoms with Crippen molar-refractivity contribution in [2.24, 2.45) is 5.92 Å². The average Bonchev–Trinajstić information content (AvgIpc) is 2.92. The number of hydrogen-bond acceptors (Lipinski definition) is 3. The van der Waals surface area contributed by atoms with Crippen molar-refractivity contribution in [1.82, 2.24) is 15.5 Å². The molecule has 0 bridgehead atoms. The standard InChI is InChI=1S/C16H18F2N4O2/c1-8(2)15(19-9(3)23)16(24)20-13-7-12(21-22-13)14-10(17)5-4-6-11(14)18/h4-8,15H,1-3H3,(H,19,23)(H2,20,21,22,24). The average molecular weight is 336 g/mol. The normalized spacial score (nSPS) is 12.1. The molecule has 1 aromatic carbocycles. The lowest BCUT2D eigenvalue weighted by atomic mass is 10.0. The molecule has 2 aromatic rings. The van der Waals surface area contributed by atoms with E-state index in [9.17, 15) is 18.4 Å². The van der Waals surface area contributed by atoms with Gasteiger partial charge in [0.05, 0.1) is 11.3 Å². The first-order chi connectivity index (χ1) is 11.3. The second-order valence-electron chi connectivity index (χ2n) is 5.67. The summed E-state index contributed by atoms with van der Waals surface area (Å²) in [5, 5.41) is 11.4. The summed E-state index contributed by atoms with van der Waals surface area (Å²) in [5.74, 6) is -2.32. The van der Waals surface area contributed by atoms with E-state index in [1.165, 1.54) is 19.1 Å². The van der Waals surface area contributed by atoms with Crippen molar-refractivity contribution in [2.45, 2.75) is 26.8 Å². The first-order valence-corrected chi connectivity index (χ1v) is 7.37. The Hall–Kier alpha value is -2.77. The Morgan fingerprint density at radius 3 is 2.38 bits per heavy atom. The topological polar surface area (TPSA) is 86.9 Å². The molecule has 6 nitrogen and oxygen atoms in total. The highest BCUT2D eigenvalue weighted by Gasteiger charge is 2.24. The molecule has 8 heteroatoms. The van der Waals surface area contributed by atoms with Crippen LogP contribution in [0.3, 0.4) is 0 Å². The second kappa shape index (κ2) is 7.20. The van der Waals surface area contributed by atoms with Gasteiger partial charge in [-0.1, -0.05) is 19.9 Å². The van der Waals surface area contributed by atoms with Crippen LogP contribution in [-0.4, -0.2) is 28.1 Å². The van der Waals surface area contributed by atoms with Crippen molar-refractivity contribution in [1.29, 1.82) is 0 Å². The third-order valence-electron chi connectivity index (χ3n) is 3.37. The zero-order valence-corrected chi connectivity index (χ0v) is 13.5. The number of hydrogen-bond donors (Lipinski definition) is 3. The van der Waals surface area contributed by atoms with Gasteiger partial charge in [-0.3, -0.25) is 14.7 Å². The smallest absolute Gasteiger partial charge is 0.248 e. The molecule has 0 aliphatic heterocycles. The minimum atomic E-state index is -0.743. The molecule has 2 amide bonds. The molecule has 24 heavy (non-hydrogen) atoms. The largest absolute Gasteiger partial charge is 0.344 e. The fourth-order valence-electron chi connectivity index (χ4n) is 2.23. The van der Waals surface area contributed by atoms with Crippen LogP contribution in [0.2, 0.25) is 0 Å². The number of nitrogens with one attached hydrogen (secondary N) is 3. The maximum absolute atomic E-state index is 13.8. The van der Waals surface area contributed by atoms with Crippen LogP contribution < -0.4 is 10.6 Å². The third-order valence-corrected chi connectivity index (χ3v) is 3.37. The number of carbonyl (C=O) groups excluding carboxylic acids is 2. The summed E-state index contributed by atoms with van der Waals surface area (Å²) in [4.78, 5) is 23.4. The molecule has 0 radical (unpaired) electrons. The Balaban J connectivity index is 2.19. The summed E-state index contributed by atoms with van der Waals surface area (Å²) >= 11 is 0. The van der Waals surface area contributed by atoms with E-state index in [2.05, 4.69) is 20.8 Å². The van der Waals surface area contributed by atoms with Crippen molar-refractivity contribution < 1.29 is 18.4 Å². The number of carbonyl (C=O) groups is 2. The molecule has 0 saturated heterocycles. The fraction of sp³-hybridized carbons (Fsp3) is 0.312. The minimum absolute atomic E-state index is 0.0986. The highest BCUT2D eigenvalue weighted by atomic mass is 19.1. The van der Waals surface area contributed by atoms with E-state index in [0.29, 0.717) is 0 Å². The lowest BCUT2D eigenvalue weighted by Crippen LogP contribution is -2.46. The van der Waals surface area contributed by atoms with Crippen LogP contribution in [0.15, 0.2) is 24.3 Å². The van der Waals surface area contributed by atoms with E-state index in [1.807, 2.05) is 0 Å². The van der Waals surface area contributed by atoms with Gasteiger partial charge >= 0.3 is 0 Å². The molecule has 1 atom stereocenters. The summed E-state index contributed by atoms with van der Waals surface area (Å²) in [6.07, 6.45) is 0. The van der Waals surface area contributed by atoms with E-state index in [1.54, 1.807) is 13.8 Å². The fourth-order valence-corrected chi connectivity index (χ4v) is 2.23. The molecule has 0 fully saturated rings. The van der Waals surface area contributed by atoms with Gasteiger partial charge < -0.3 is 10.6 Å². The highest BCUT2D eigenvalue weighted by molar-refractivity contribution is 5.96. The maximum Gasteiger partial charge on any atom is 0.248 e. The number of aromatic nitrogens is 2. The van der Waals surface area contributed by atoms with Gasteiger partial charge in [-0.2, -0.15) is 5.10 Å². The van der Waals surface area contributed by atoms with Crippen LogP contribution in [0.5, 0.6) is 0 Å². The van der Waals surface area contributed by atoms with Gasteiger partial charge in [0.15, 0.2) is 5.82 Å². The van der Waals surface area contributed by atoms with Crippen LogP contribution in [-0.2, 0) is 9.59 Å². The predicted molar refractivity (Wildman–Crippen MR) is 85.0 cm³/mol. The molecule has 0 saturated carbocycles. The first kappa shape index (κ1) is 17.6. The van der Waals surface area contributed by atoms with Crippen LogP contribution in [0.1, 0.15) is 20.8 Å². The van der Waals surface area contributed by atoms with Gasteiger partial charge in [-0.15, -0.1) is 0 Å². The third kappa shape index (κ3) is 3.95. The van der Waals surface area contributed by atoms with Gasteiger partial charge in [0.1, 0.15) is 17.7 Å². The SMILES string of the molecule is CC(=O)NC(C(=O)Nc1cc(-c2c(F)cccc2F)[nH]n1)C(C)C. The number of aromatic amines is 1. The summed E-state index contributed by atoms with van der Waals surface area (Å²) < 4.78 is 27.5. The van der Waals surface area contributed by atoms with Crippen molar-refractivity contribution in [3.05, 3.63) is 35.9 Å². The Labute approximate surface area is 137 Å². The number of rotatable bonds is 5. The number of H-pyrrole nitrogens is 1. The summed E-state index contributed by atoms with van der Waals surface area (Å²) in [5.41, 5.74) is -0.158. The maximum atomic E-state index is 13.8. The molecular weight excluding hydrogens is 318 g/mol. The quantitative estimate of drug-likeness (QED) is 0.784. The molecular formula is C16H18F2N4O2. The summed E-state index contributed by atoms with van der Waals surface area (Å²) in [6, 6.07) is 4.10. The zero-order chi connectivity index (χ0) is 17.9. The Kier molecular flexibility index (Phi) is 5.28. The van der Waals surface area contributed by atoms with E-state index in [-0.39, 0.29) is 28.9 Å². The van der Waals surface area contributed by atoms with Gasteiger partial charge in [0.2, 0.25) is 11.8 Å². The van der Waals surface area contributed by atoms with E-state index in [0.717, 1.165) is 12.1 Å². The lowest BCUT2D eigenvalue weighted by molar-refractivity contribution is -0.126. The van der Waals surface area contributed by atoms with Gasteiger partial charge in [0.25, 0.3) is 0 Å². The molecule has 2 rings (SSSR count). The Morgan fingerprint density at radius 1 is 1.21 bits per heavy atom. The number of amides is 2. The van der Waals surface area contributed by atoms with E-state index in [4.69, 9.17) is 0 Å². The van der Waals surface area contributed by atoms with Gasteiger partial charge in [-0.25, -0.2) is 8.78 Å². The van der Waals surface area contributed by atoms with E-state index >= 15 is 0 Å². The Morgan fingerprint density at radius 2 is 1.83 bits per heavy atom. The monoisotopic (exact) mass is 336 g/mol. The number of benzene rings is 1. The first-order valence-electron chi connectivity index (χ1n) is 7.37. The predicted octanol–water partition coefficient (Wildman–Crippen LogP) is 2.45. The minimum Gasteiger partial charge on any atom is -0.344 e. The van der Waals surface area contributed by atoms with E-state index < -0.39 is 23.6 Å². The molecule has 3 N–H and O–H groups in total. The van der Waals surface area contributed by atoms with Gasteiger partial charge in [-0.05, 0) is 18.1 Å². The van der Waals surface area contributed by atoms with Crippen LogP contribution in [0, 0.1) is 17.6 Å². The molecule has 1 heterocycles. The van der Waals surface area contributed by atoms with Gasteiger partial charge in [0, 0.05) is 13.0 Å². The zero-order valence-electron chi connectivity index (χ0n) is 13.5. The van der Waals surface area contributed by atoms with Crippen molar-refractivity contribution in [3.63, 3.8) is 0 Å². The van der Waals surface area contributed by atoms with Crippen LogP contribution in [0.25, 0.3) is 11.3 Å². The van der Waals surface area contributed by atoms with Crippen molar-refractivity contribution in [3.8, 4) is 11.3 Å². The molecule has 1 unspecified atom stereocenters. The highest BCUT2D eigenvalue weighted by Crippen LogP contribution is 2.25. The summed E-state index contributed by atoms with van der Waals surface area (Å²) in [7, 11) is 0. The number of halogens is 2. The van der Waals surface area contributed by atoms with Crippen molar-refractivity contribution >= 4 is 17.6 Å². The second-order valence-corrected chi connectivity index (χ2v) is 5.67. The number of nitrogens with zero attached hydrogens (tertiary/aromatic N) is 1. The molecule has 0 spiro atoms. The molecule has 0 aliphatic carbocycles. The lowest BCUT2D eigenvalue weighted by Gasteiger charge is -2.20. The molecule has 1 aromatic heterocycles. The van der Waals surface area contributed by atoms with Crippen LogP contribution in [0.4, 0.5) is 14.6 Å². The molecule has 0 aliphatic rings. The summed E-state index contributed by atoms with van der Waals surface area (Å²) in [6.45, 7) is 4.88. The van der Waals surface area contributed by atoms with Crippen LogP contribution >= 0.6 is 0 Å².